The first-order chi connectivity index (χ1) is 24.0. The van der Waals surface area contributed by atoms with Gasteiger partial charge in [0.15, 0.2) is 0 Å². The number of benzene rings is 1. The molecular formula is C33H38N8O9S. The van der Waals surface area contributed by atoms with E-state index in [9.17, 15) is 33.9 Å². The fourth-order valence-electron chi connectivity index (χ4n) is 5.44. The molecule has 2 atom stereocenters. The first-order valence-electron chi connectivity index (χ1n) is 15.8. The van der Waals surface area contributed by atoms with Crippen molar-refractivity contribution < 1.29 is 38.6 Å². The van der Waals surface area contributed by atoms with Crippen LogP contribution in [-0.2, 0) is 41.6 Å². The second-order valence-electron chi connectivity index (χ2n) is 13.3. The number of rotatable bonds is 11. The summed E-state index contributed by atoms with van der Waals surface area (Å²) >= 11 is 1.31. The highest BCUT2D eigenvalue weighted by atomic mass is 32.2. The summed E-state index contributed by atoms with van der Waals surface area (Å²) in [5, 5.41) is 20.3. The van der Waals surface area contributed by atoms with E-state index in [0.29, 0.717) is 6.54 Å². The van der Waals surface area contributed by atoms with E-state index < -0.39 is 63.8 Å². The number of H-pyrrole nitrogens is 1. The molecule has 0 spiro atoms. The highest BCUT2D eigenvalue weighted by Gasteiger charge is 2.71. The number of urea groups is 1. The number of aromatic amines is 1. The van der Waals surface area contributed by atoms with E-state index in [4.69, 9.17) is 9.47 Å². The van der Waals surface area contributed by atoms with Gasteiger partial charge in [-0.1, -0.05) is 12.1 Å². The molecule has 4 amide bonds. The monoisotopic (exact) mass is 722 g/mol. The molecule has 2 fully saturated rings. The minimum absolute atomic E-state index is 0.0179. The van der Waals surface area contributed by atoms with Crippen molar-refractivity contribution in [1.29, 1.82) is 0 Å². The highest BCUT2D eigenvalue weighted by Crippen LogP contribution is 2.56. The number of phenols is 1. The molecule has 3 aromatic rings. The second kappa shape index (κ2) is 14.3. The van der Waals surface area contributed by atoms with E-state index in [1.54, 1.807) is 52.9 Å². The number of carbonyl (C=O) groups excluding carboxylic acids is 5. The molecule has 1 aromatic carbocycles. The van der Waals surface area contributed by atoms with E-state index >= 15 is 0 Å². The summed E-state index contributed by atoms with van der Waals surface area (Å²) in [6.45, 7) is 7.83. The number of nitrogens with one attached hydrogen (secondary N) is 5. The van der Waals surface area contributed by atoms with Gasteiger partial charge in [-0.05, 0) is 58.4 Å². The lowest BCUT2D eigenvalue weighted by molar-refractivity contribution is -0.190. The number of anilines is 3. The normalized spacial score (nSPS) is 18.9. The maximum Gasteiger partial charge on any atom is 0.357 e. The van der Waals surface area contributed by atoms with Crippen LogP contribution in [0.3, 0.4) is 0 Å². The van der Waals surface area contributed by atoms with Crippen LogP contribution in [0.5, 0.6) is 5.75 Å². The number of hydrogen-bond acceptors (Lipinski definition) is 13. The molecule has 18 heteroatoms. The Kier molecular flexibility index (Phi) is 10.3. The van der Waals surface area contributed by atoms with Gasteiger partial charge >= 0.3 is 18.0 Å². The zero-order valence-corrected chi connectivity index (χ0v) is 29.3. The van der Waals surface area contributed by atoms with Crippen LogP contribution >= 0.6 is 11.8 Å². The third kappa shape index (κ3) is 7.90. The van der Waals surface area contributed by atoms with Gasteiger partial charge in [0.1, 0.15) is 11.4 Å². The predicted molar refractivity (Wildman–Crippen MR) is 185 cm³/mol. The van der Waals surface area contributed by atoms with Gasteiger partial charge in [0.2, 0.25) is 30.2 Å². The van der Waals surface area contributed by atoms with Gasteiger partial charge in [0.25, 0.3) is 5.56 Å². The topological polar surface area (TPSA) is 234 Å². The first-order valence-corrected chi connectivity index (χ1v) is 16.7. The van der Waals surface area contributed by atoms with E-state index in [0.717, 1.165) is 11.9 Å². The summed E-state index contributed by atoms with van der Waals surface area (Å²) in [5.41, 5.74) is -2.70. The second-order valence-corrected chi connectivity index (χ2v) is 15.1. The molecule has 0 bridgehead atoms. The van der Waals surface area contributed by atoms with E-state index in [1.165, 1.54) is 34.9 Å². The van der Waals surface area contributed by atoms with Crippen molar-refractivity contribution in [1.82, 2.24) is 25.2 Å². The Hall–Kier alpha value is -5.65. The third-order valence-corrected chi connectivity index (χ3v) is 9.61. The zero-order valence-electron chi connectivity index (χ0n) is 28.5. The van der Waals surface area contributed by atoms with Crippen molar-refractivity contribution in [2.24, 2.45) is 5.41 Å². The average molecular weight is 723 g/mol. The minimum Gasteiger partial charge on any atom is -0.508 e. The van der Waals surface area contributed by atoms with Crippen LogP contribution in [0.25, 0.3) is 0 Å². The molecule has 17 nitrogen and oxygen atoms in total. The lowest BCUT2D eigenvalue weighted by atomic mass is 9.89. The number of amides is 4. The number of esters is 2. The maximum atomic E-state index is 13.7. The zero-order chi connectivity index (χ0) is 37.1. The van der Waals surface area contributed by atoms with Gasteiger partial charge < -0.3 is 35.8 Å². The van der Waals surface area contributed by atoms with Crippen LogP contribution in [0.15, 0.2) is 53.6 Å². The van der Waals surface area contributed by atoms with Gasteiger partial charge in [0, 0.05) is 18.0 Å². The Labute approximate surface area is 296 Å². The van der Waals surface area contributed by atoms with Crippen LogP contribution in [0.1, 0.15) is 52.3 Å². The van der Waals surface area contributed by atoms with Crippen molar-refractivity contribution in [2.45, 2.75) is 69.8 Å². The standard InChI is InChI=1S/C33H38N8O9S/c1-31(2,3)27(46)49-17-50-28(47)33(32(4,5)51-25-14-24(44)41(25)33)40-23(43)12-18-9-10-20(42)13-21(18)37-30(48)38-22-16-36-29(39-26(22)45)35-15-19-8-6-7-11-34-19/h6-11,13,16,25,42H,12,14-15,17H2,1-5H3,(H,40,43)(H2,37,38,48)(H2,35,36,39,45)/t25-,33+/m1/s1. The van der Waals surface area contributed by atoms with E-state index in [2.05, 4.69) is 36.2 Å². The fourth-order valence-corrected chi connectivity index (χ4v) is 7.13. The summed E-state index contributed by atoms with van der Waals surface area (Å²) < 4.78 is 9.36. The number of pyridine rings is 1. The number of β-lactam (4-membered cyclic amide) rings is 1. The number of aromatic hydroxyl groups is 1. The summed E-state index contributed by atoms with van der Waals surface area (Å²) in [5.74, 6) is -2.80. The number of nitrogens with zero attached hydrogens (tertiary/aromatic N) is 3. The smallest absolute Gasteiger partial charge is 0.357 e. The number of hydrogen-bond donors (Lipinski definition) is 6. The molecular weight excluding hydrogens is 684 g/mol. The Morgan fingerprint density at radius 1 is 1.06 bits per heavy atom. The lowest BCUT2D eigenvalue weighted by Gasteiger charge is -2.47. The molecule has 2 saturated heterocycles. The molecule has 0 radical (unpaired) electrons. The van der Waals surface area contributed by atoms with E-state index in [-0.39, 0.29) is 41.0 Å². The third-order valence-electron chi connectivity index (χ3n) is 8.08. The van der Waals surface area contributed by atoms with Crippen molar-refractivity contribution in [3.8, 4) is 5.75 Å². The molecule has 51 heavy (non-hydrogen) atoms. The molecule has 0 saturated carbocycles. The minimum atomic E-state index is -1.96. The maximum absolute atomic E-state index is 13.7. The molecule has 0 unspecified atom stereocenters. The SMILES string of the molecule is CC(C)(C)C(=O)OCOC(=O)[C@]1(NC(=O)Cc2ccc(O)cc2NC(=O)Nc2cnc(NCc3ccccn3)[nH]c2=O)N2C(=O)C[C@H]2SC1(C)C. The van der Waals surface area contributed by atoms with Crippen LogP contribution < -0.4 is 26.8 Å². The number of fused-ring (bicyclic) bond motifs is 1. The molecule has 270 valence electrons. The van der Waals surface area contributed by atoms with Crippen molar-refractivity contribution in [2.75, 3.05) is 22.7 Å². The quantitative estimate of drug-likeness (QED) is 0.0950. The van der Waals surface area contributed by atoms with Crippen LogP contribution in [0.2, 0.25) is 0 Å². The molecule has 5 rings (SSSR count). The van der Waals surface area contributed by atoms with Crippen molar-refractivity contribution in [3.05, 3.63) is 70.4 Å². The van der Waals surface area contributed by atoms with Gasteiger partial charge in [0.05, 0.1) is 46.8 Å². The van der Waals surface area contributed by atoms with Gasteiger partial charge in [-0.2, -0.15) is 0 Å². The molecule has 6 N–H and O–H groups in total. The number of carbonyl (C=O) groups is 5. The van der Waals surface area contributed by atoms with Crippen LogP contribution in [0, 0.1) is 5.41 Å². The van der Waals surface area contributed by atoms with Gasteiger partial charge in [-0.15, -0.1) is 11.8 Å². The van der Waals surface area contributed by atoms with Gasteiger partial charge in [-0.25, -0.2) is 14.6 Å². The Morgan fingerprint density at radius 2 is 1.80 bits per heavy atom. The summed E-state index contributed by atoms with van der Waals surface area (Å²) in [6.07, 6.45) is 2.52. The largest absolute Gasteiger partial charge is 0.508 e. The van der Waals surface area contributed by atoms with E-state index in [1.807, 2.05) is 6.07 Å². The van der Waals surface area contributed by atoms with Crippen molar-refractivity contribution >= 4 is 58.9 Å². The summed E-state index contributed by atoms with van der Waals surface area (Å²) in [7, 11) is 0. The van der Waals surface area contributed by atoms with Crippen molar-refractivity contribution in [3.63, 3.8) is 0 Å². The van der Waals surface area contributed by atoms with Gasteiger partial charge in [-0.3, -0.25) is 34.0 Å². The van der Waals surface area contributed by atoms with Crippen LogP contribution in [0.4, 0.5) is 22.1 Å². The Bertz CT molecular complexity index is 1910. The summed E-state index contributed by atoms with van der Waals surface area (Å²) in [6, 6.07) is 8.40. The number of aromatic nitrogens is 3. The fraction of sp³-hybridized carbons (Fsp3) is 0.394. The lowest BCUT2D eigenvalue weighted by Crippen LogP contribution is -2.75. The molecule has 0 aliphatic carbocycles. The first kappa shape index (κ1) is 36.6. The van der Waals surface area contributed by atoms with Crippen LogP contribution in [-0.4, -0.2) is 77.3 Å². The average Bonchev–Trinajstić information content (AvgIpc) is 3.23. The number of thioether (sulfide) groups is 1. The number of phenolic OH excluding ortho intramolecular Hbond substituents is 1. The molecule has 2 aliphatic rings. The molecule has 2 aromatic heterocycles. The highest BCUT2D eigenvalue weighted by molar-refractivity contribution is 8.01. The Balaban J connectivity index is 1.28. The Morgan fingerprint density at radius 3 is 2.47 bits per heavy atom. The number of ether oxygens (including phenoxy) is 2. The summed E-state index contributed by atoms with van der Waals surface area (Å²) in [4.78, 5) is 90.2. The predicted octanol–water partition coefficient (Wildman–Crippen LogP) is 2.66. The molecule has 4 heterocycles. The molecule has 2 aliphatic heterocycles.